The Kier molecular flexibility index (Phi) is 3.37. The van der Waals surface area contributed by atoms with Crippen molar-refractivity contribution in [3.63, 3.8) is 0 Å². The normalized spacial score (nSPS) is 24.8. The molecule has 0 aliphatic heterocycles. The van der Waals surface area contributed by atoms with E-state index in [0.717, 1.165) is 31.4 Å². The van der Waals surface area contributed by atoms with Crippen LogP contribution in [-0.4, -0.2) is 22.2 Å². The molecule has 2 rings (SSSR count). The van der Waals surface area contributed by atoms with Gasteiger partial charge < -0.3 is 10.4 Å². The lowest BCUT2D eigenvalue weighted by molar-refractivity contribution is 0.116. The lowest BCUT2D eigenvalue weighted by Gasteiger charge is -2.29. The van der Waals surface area contributed by atoms with Crippen molar-refractivity contribution in [2.45, 2.75) is 37.8 Å². The van der Waals surface area contributed by atoms with Gasteiger partial charge >= 0.3 is 0 Å². The summed E-state index contributed by atoms with van der Waals surface area (Å²) in [5.74, 6) is 0. The van der Waals surface area contributed by atoms with Crippen LogP contribution in [-0.2, 0) is 0 Å². The van der Waals surface area contributed by atoms with E-state index >= 15 is 0 Å². The van der Waals surface area contributed by atoms with Crippen LogP contribution in [0.2, 0.25) is 0 Å². The molecular formula is C12H15N3O. The number of aromatic nitrogens is 1. The van der Waals surface area contributed by atoms with Crippen LogP contribution in [0.3, 0.4) is 0 Å². The topological polar surface area (TPSA) is 68.9 Å². The molecule has 84 valence electrons. The highest BCUT2D eigenvalue weighted by Crippen LogP contribution is 2.21. The van der Waals surface area contributed by atoms with E-state index in [0.29, 0.717) is 5.69 Å². The van der Waals surface area contributed by atoms with Crippen LogP contribution < -0.4 is 5.32 Å². The molecule has 0 saturated heterocycles. The largest absolute Gasteiger partial charge is 0.391 e. The fourth-order valence-electron chi connectivity index (χ4n) is 2.04. The zero-order valence-corrected chi connectivity index (χ0v) is 9.06. The summed E-state index contributed by atoms with van der Waals surface area (Å²) in [6.07, 6.45) is 5.47. The van der Waals surface area contributed by atoms with E-state index < -0.39 is 0 Å². The lowest BCUT2D eigenvalue weighted by Crippen LogP contribution is -2.36. The number of rotatable bonds is 2. The minimum Gasteiger partial charge on any atom is -0.391 e. The van der Waals surface area contributed by atoms with Crippen LogP contribution in [0.15, 0.2) is 18.3 Å². The Balaban J connectivity index is 2.00. The molecule has 0 radical (unpaired) electrons. The van der Waals surface area contributed by atoms with Crippen LogP contribution in [0.25, 0.3) is 0 Å². The predicted octanol–water partition coefficient (Wildman–Crippen LogP) is 1.67. The molecule has 1 aliphatic rings. The summed E-state index contributed by atoms with van der Waals surface area (Å²) in [7, 11) is 0. The first-order valence-corrected chi connectivity index (χ1v) is 5.60. The fraction of sp³-hybridized carbons (Fsp3) is 0.500. The smallest absolute Gasteiger partial charge is 0.140 e. The summed E-state index contributed by atoms with van der Waals surface area (Å²) in [4.78, 5) is 3.98. The van der Waals surface area contributed by atoms with Gasteiger partial charge in [-0.3, -0.25) is 0 Å². The summed E-state index contributed by atoms with van der Waals surface area (Å²) >= 11 is 0. The van der Waals surface area contributed by atoms with E-state index in [4.69, 9.17) is 5.26 Å². The van der Waals surface area contributed by atoms with Gasteiger partial charge in [0.25, 0.3) is 0 Å². The van der Waals surface area contributed by atoms with Gasteiger partial charge in [0.05, 0.1) is 24.0 Å². The Labute approximate surface area is 94.9 Å². The zero-order valence-electron chi connectivity index (χ0n) is 9.06. The second kappa shape index (κ2) is 4.95. The van der Waals surface area contributed by atoms with Crippen molar-refractivity contribution in [2.24, 2.45) is 0 Å². The third kappa shape index (κ3) is 2.50. The minimum absolute atomic E-state index is 0.114. The molecule has 1 saturated carbocycles. The number of aliphatic hydroxyl groups is 1. The Bertz CT molecular complexity index is 382. The molecule has 1 heterocycles. The molecule has 4 nitrogen and oxygen atoms in total. The minimum atomic E-state index is -0.274. The van der Waals surface area contributed by atoms with E-state index in [1.807, 2.05) is 12.1 Å². The molecule has 2 N–H and O–H groups in total. The van der Waals surface area contributed by atoms with Crippen LogP contribution in [0.1, 0.15) is 31.4 Å². The maximum Gasteiger partial charge on any atom is 0.140 e. The van der Waals surface area contributed by atoms with Gasteiger partial charge in [-0.05, 0) is 25.0 Å². The van der Waals surface area contributed by atoms with E-state index in [1.165, 1.54) is 0 Å². The molecule has 0 aromatic carbocycles. The standard InChI is InChI=1S/C12H15N3O/c13-7-9-5-6-10(8-14-9)15-11-3-1-2-4-12(11)16/h5-6,8,11-12,15-16H,1-4H2/t11-,12+/m1/s1. The summed E-state index contributed by atoms with van der Waals surface area (Å²) in [6.45, 7) is 0. The molecule has 0 amide bonds. The first-order chi connectivity index (χ1) is 7.79. The number of nitrogens with zero attached hydrogens (tertiary/aromatic N) is 2. The highest BCUT2D eigenvalue weighted by atomic mass is 16.3. The van der Waals surface area contributed by atoms with Gasteiger partial charge in [-0.25, -0.2) is 4.98 Å². The Hall–Kier alpha value is -1.60. The molecule has 1 aromatic rings. The van der Waals surface area contributed by atoms with E-state index in [1.54, 1.807) is 12.3 Å². The number of anilines is 1. The number of aliphatic hydroxyl groups excluding tert-OH is 1. The number of hydrogen-bond acceptors (Lipinski definition) is 4. The molecule has 0 spiro atoms. The Morgan fingerprint density at radius 1 is 1.38 bits per heavy atom. The van der Waals surface area contributed by atoms with Gasteiger partial charge in [0.2, 0.25) is 0 Å². The molecule has 1 fully saturated rings. The molecule has 2 atom stereocenters. The average Bonchev–Trinajstić information content (AvgIpc) is 2.33. The maximum atomic E-state index is 9.80. The number of hydrogen-bond donors (Lipinski definition) is 2. The molecule has 16 heavy (non-hydrogen) atoms. The third-order valence-corrected chi connectivity index (χ3v) is 2.96. The Morgan fingerprint density at radius 2 is 2.19 bits per heavy atom. The predicted molar refractivity (Wildman–Crippen MR) is 60.8 cm³/mol. The van der Waals surface area contributed by atoms with E-state index in [-0.39, 0.29) is 12.1 Å². The van der Waals surface area contributed by atoms with Gasteiger partial charge in [-0.1, -0.05) is 12.8 Å². The van der Waals surface area contributed by atoms with Crippen molar-refractivity contribution in [3.8, 4) is 6.07 Å². The van der Waals surface area contributed by atoms with E-state index in [2.05, 4.69) is 10.3 Å². The van der Waals surface area contributed by atoms with Gasteiger partial charge in [-0.2, -0.15) is 5.26 Å². The van der Waals surface area contributed by atoms with Crippen molar-refractivity contribution in [3.05, 3.63) is 24.0 Å². The SMILES string of the molecule is N#Cc1ccc(N[C@@H]2CCCC[C@@H]2O)cn1. The van der Waals surface area contributed by atoms with Crippen molar-refractivity contribution in [1.29, 1.82) is 5.26 Å². The second-order valence-corrected chi connectivity index (χ2v) is 4.15. The third-order valence-electron chi connectivity index (χ3n) is 2.96. The van der Waals surface area contributed by atoms with Crippen LogP contribution in [0, 0.1) is 11.3 Å². The molecule has 1 aromatic heterocycles. The average molecular weight is 217 g/mol. The van der Waals surface area contributed by atoms with Gasteiger partial charge in [-0.15, -0.1) is 0 Å². The van der Waals surface area contributed by atoms with Gasteiger partial charge in [0, 0.05) is 0 Å². The van der Waals surface area contributed by atoms with Crippen molar-refractivity contribution < 1.29 is 5.11 Å². The van der Waals surface area contributed by atoms with Crippen LogP contribution in [0.4, 0.5) is 5.69 Å². The monoisotopic (exact) mass is 217 g/mol. The second-order valence-electron chi connectivity index (χ2n) is 4.15. The first kappa shape index (κ1) is 10.9. The number of nitrogens with one attached hydrogen (secondary N) is 1. The van der Waals surface area contributed by atoms with Crippen molar-refractivity contribution in [1.82, 2.24) is 4.98 Å². The zero-order chi connectivity index (χ0) is 11.4. The molecule has 0 unspecified atom stereocenters. The highest BCUT2D eigenvalue weighted by Gasteiger charge is 2.22. The van der Waals surface area contributed by atoms with Crippen molar-refractivity contribution >= 4 is 5.69 Å². The van der Waals surface area contributed by atoms with E-state index in [9.17, 15) is 5.11 Å². The van der Waals surface area contributed by atoms with Crippen molar-refractivity contribution in [2.75, 3.05) is 5.32 Å². The fourth-order valence-corrected chi connectivity index (χ4v) is 2.04. The molecule has 0 bridgehead atoms. The first-order valence-electron chi connectivity index (χ1n) is 5.60. The van der Waals surface area contributed by atoms with Crippen LogP contribution >= 0.6 is 0 Å². The summed E-state index contributed by atoms with van der Waals surface area (Å²) < 4.78 is 0. The summed E-state index contributed by atoms with van der Waals surface area (Å²) in [6, 6.07) is 5.60. The number of nitriles is 1. The van der Waals surface area contributed by atoms with Gasteiger partial charge in [0.1, 0.15) is 11.8 Å². The number of pyridine rings is 1. The summed E-state index contributed by atoms with van der Waals surface area (Å²) in [5.41, 5.74) is 1.28. The maximum absolute atomic E-state index is 9.80. The molecule has 1 aliphatic carbocycles. The highest BCUT2D eigenvalue weighted by molar-refractivity contribution is 5.43. The summed E-state index contributed by atoms with van der Waals surface area (Å²) in [5, 5.41) is 21.7. The Morgan fingerprint density at radius 3 is 2.81 bits per heavy atom. The quantitative estimate of drug-likeness (QED) is 0.790. The molecule has 4 heteroatoms. The molecular weight excluding hydrogens is 202 g/mol. The van der Waals surface area contributed by atoms with Crippen LogP contribution in [0.5, 0.6) is 0 Å². The van der Waals surface area contributed by atoms with Gasteiger partial charge in [0.15, 0.2) is 0 Å². The lowest BCUT2D eigenvalue weighted by atomic mass is 9.92.